The molecule has 21 heavy (non-hydrogen) atoms. The average molecular weight is 296 g/mol. The Labute approximate surface area is 123 Å². The summed E-state index contributed by atoms with van der Waals surface area (Å²) in [6, 6.07) is 3.40. The van der Waals surface area contributed by atoms with Gasteiger partial charge in [-0.25, -0.2) is 4.79 Å². The molecule has 0 fully saturated rings. The number of carbonyl (C=O) groups is 1. The van der Waals surface area contributed by atoms with Crippen LogP contribution in [0, 0.1) is 0 Å². The highest BCUT2D eigenvalue weighted by atomic mass is 16.6. The Morgan fingerprint density at radius 2 is 2.14 bits per heavy atom. The second kappa shape index (κ2) is 5.33. The van der Waals surface area contributed by atoms with Gasteiger partial charge in [0.2, 0.25) is 0 Å². The molecule has 116 valence electrons. The Hall–Kier alpha value is -2.15. The number of hydrogen-bond acceptors (Lipinski definition) is 6. The van der Waals surface area contributed by atoms with Gasteiger partial charge in [-0.1, -0.05) is 0 Å². The molecule has 0 saturated heterocycles. The molecule has 0 aliphatic carbocycles. The van der Waals surface area contributed by atoms with Crippen LogP contribution in [-0.2, 0) is 4.74 Å². The van der Waals surface area contributed by atoms with Crippen LogP contribution in [0.2, 0.25) is 0 Å². The van der Waals surface area contributed by atoms with E-state index in [1.54, 1.807) is 33.0 Å². The molecule has 1 amide bonds. The van der Waals surface area contributed by atoms with E-state index in [9.17, 15) is 9.90 Å². The molecule has 0 spiro atoms. The van der Waals surface area contributed by atoms with E-state index in [4.69, 9.17) is 19.9 Å². The van der Waals surface area contributed by atoms with Crippen molar-refractivity contribution in [2.45, 2.75) is 31.7 Å². The lowest BCUT2D eigenvalue weighted by molar-refractivity contribution is -0.112. The molecule has 1 aromatic rings. The summed E-state index contributed by atoms with van der Waals surface area (Å²) in [5, 5.41) is 13.4. The lowest BCUT2D eigenvalue weighted by atomic mass is 9.88. The zero-order valence-electron chi connectivity index (χ0n) is 12.5. The van der Waals surface area contributed by atoms with Crippen LogP contribution in [0.1, 0.15) is 25.5 Å². The summed E-state index contributed by atoms with van der Waals surface area (Å²) in [5.41, 5.74) is 5.41. The lowest BCUT2D eigenvalue weighted by Gasteiger charge is -2.41. The van der Waals surface area contributed by atoms with E-state index in [-0.39, 0.29) is 0 Å². The molecule has 1 aliphatic heterocycles. The predicted molar refractivity (Wildman–Crippen MR) is 76.7 cm³/mol. The van der Waals surface area contributed by atoms with Gasteiger partial charge in [0.05, 0.1) is 12.8 Å². The van der Waals surface area contributed by atoms with Gasteiger partial charge in [-0.3, -0.25) is 0 Å². The van der Waals surface area contributed by atoms with Crippen LogP contribution in [-0.4, -0.2) is 37.1 Å². The Balaban J connectivity index is 2.56. The van der Waals surface area contributed by atoms with E-state index < -0.39 is 23.9 Å². The fourth-order valence-corrected chi connectivity index (χ4v) is 2.38. The van der Waals surface area contributed by atoms with E-state index in [2.05, 4.69) is 5.32 Å². The van der Waals surface area contributed by atoms with Crippen LogP contribution in [0.15, 0.2) is 12.1 Å². The molecule has 2 atom stereocenters. The van der Waals surface area contributed by atoms with Gasteiger partial charge < -0.3 is 30.4 Å². The van der Waals surface area contributed by atoms with Crippen LogP contribution in [0.3, 0.4) is 0 Å². The smallest absolute Gasteiger partial charge is 0.405 e. The first kappa shape index (κ1) is 15.2. The maximum Gasteiger partial charge on any atom is 0.405 e. The van der Waals surface area contributed by atoms with Crippen molar-refractivity contribution in [3.05, 3.63) is 17.7 Å². The SMILES string of the molecule is CNc1cc2c(cc1OC)[C@H](OC(N)=O)C(O)C(C)(C)O2. The second-order valence-electron chi connectivity index (χ2n) is 5.35. The van der Waals surface area contributed by atoms with Crippen molar-refractivity contribution < 1.29 is 24.1 Å². The fraction of sp³-hybridized carbons (Fsp3) is 0.500. The lowest BCUT2D eigenvalue weighted by Crippen LogP contribution is -2.50. The van der Waals surface area contributed by atoms with Crippen molar-refractivity contribution in [1.29, 1.82) is 0 Å². The molecule has 1 aromatic carbocycles. The van der Waals surface area contributed by atoms with E-state index >= 15 is 0 Å². The number of hydrogen-bond donors (Lipinski definition) is 3. The molecule has 7 nitrogen and oxygen atoms in total. The number of amides is 1. The summed E-state index contributed by atoms with van der Waals surface area (Å²) in [6.07, 6.45) is -2.93. The normalized spacial score (nSPS) is 22.7. The fourth-order valence-electron chi connectivity index (χ4n) is 2.38. The number of anilines is 1. The van der Waals surface area contributed by atoms with Gasteiger partial charge in [-0.15, -0.1) is 0 Å². The van der Waals surface area contributed by atoms with Crippen molar-refractivity contribution in [3.8, 4) is 11.5 Å². The van der Waals surface area contributed by atoms with Crippen LogP contribution in [0.4, 0.5) is 10.5 Å². The number of aliphatic hydroxyl groups is 1. The summed E-state index contributed by atoms with van der Waals surface area (Å²) in [5.74, 6) is 1.05. The largest absolute Gasteiger partial charge is 0.495 e. The van der Waals surface area contributed by atoms with Crippen LogP contribution in [0.25, 0.3) is 0 Å². The van der Waals surface area contributed by atoms with Crippen molar-refractivity contribution >= 4 is 11.8 Å². The zero-order valence-corrected chi connectivity index (χ0v) is 12.5. The summed E-state index contributed by atoms with van der Waals surface area (Å²) >= 11 is 0. The van der Waals surface area contributed by atoms with Crippen LogP contribution in [0.5, 0.6) is 11.5 Å². The molecule has 1 heterocycles. The first-order valence-electron chi connectivity index (χ1n) is 6.53. The van der Waals surface area contributed by atoms with Gasteiger partial charge in [-0.2, -0.15) is 0 Å². The first-order valence-corrected chi connectivity index (χ1v) is 6.53. The minimum absolute atomic E-state index is 0.502. The number of methoxy groups -OCH3 is 1. The van der Waals surface area contributed by atoms with Gasteiger partial charge in [0.1, 0.15) is 23.2 Å². The number of nitrogens with two attached hydrogens (primary N) is 1. The summed E-state index contributed by atoms with van der Waals surface area (Å²) < 4.78 is 16.2. The molecule has 1 unspecified atom stereocenters. The summed E-state index contributed by atoms with van der Waals surface area (Å²) in [6.45, 7) is 3.42. The number of carbonyl (C=O) groups excluding carboxylic acids is 1. The van der Waals surface area contributed by atoms with Crippen molar-refractivity contribution in [3.63, 3.8) is 0 Å². The van der Waals surface area contributed by atoms with E-state index in [1.165, 1.54) is 7.11 Å². The van der Waals surface area contributed by atoms with E-state index in [0.717, 1.165) is 5.69 Å². The van der Waals surface area contributed by atoms with E-state index in [1.807, 2.05) is 0 Å². The van der Waals surface area contributed by atoms with Crippen LogP contribution >= 0.6 is 0 Å². The standard InChI is InChI=1S/C14H20N2O5/c1-14(2)12(17)11(20-13(15)18)7-5-10(19-4)8(16-3)6-9(7)21-14/h5-6,11-12,16-17H,1-4H3,(H2,15,18)/t11-,12?/m0/s1. The van der Waals surface area contributed by atoms with Crippen LogP contribution < -0.4 is 20.5 Å². The predicted octanol–water partition coefficient (Wildman–Crippen LogP) is 1.41. The number of fused-ring (bicyclic) bond motifs is 1. The average Bonchev–Trinajstić information content (AvgIpc) is 2.42. The van der Waals surface area contributed by atoms with Gasteiger partial charge in [0, 0.05) is 18.7 Å². The Bertz CT molecular complexity index is 559. The molecule has 4 N–H and O–H groups in total. The third-order valence-corrected chi connectivity index (χ3v) is 3.52. The molecule has 0 bridgehead atoms. The number of rotatable bonds is 3. The van der Waals surface area contributed by atoms with Gasteiger partial charge >= 0.3 is 6.09 Å². The zero-order chi connectivity index (χ0) is 15.8. The monoisotopic (exact) mass is 296 g/mol. The topological polar surface area (TPSA) is 103 Å². The van der Waals surface area contributed by atoms with Crippen molar-refractivity contribution in [1.82, 2.24) is 0 Å². The molecule has 0 radical (unpaired) electrons. The number of benzene rings is 1. The summed E-state index contributed by atoms with van der Waals surface area (Å²) in [7, 11) is 3.28. The highest BCUT2D eigenvalue weighted by Gasteiger charge is 2.45. The molecular weight excluding hydrogens is 276 g/mol. The summed E-state index contributed by atoms with van der Waals surface area (Å²) in [4.78, 5) is 11.1. The Kier molecular flexibility index (Phi) is 3.87. The van der Waals surface area contributed by atoms with Gasteiger partial charge in [0.25, 0.3) is 0 Å². The van der Waals surface area contributed by atoms with Crippen molar-refractivity contribution in [2.24, 2.45) is 5.73 Å². The van der Waals surface area contributed by atoms with Crippen molar-refractivity contribution in [2.75, 3.05) is 19.5 Å². The Morgan fingerprint density at radius 1 is 1.48 bits per heavy atom. The highest BCUT2D eigenvalue weighted by molar-refractivity contribution is 5.67. The third kappa shape index (κ3) is 2.69. The second-order valence-corrected chi connectivity index (χ2v) is 5.35. The van der Waals surface area contributed by atoms with E-state index in [0.29, 0.717) is 17.1 Å². The molecule has 0 aromatic heterocycles. The van der Waals surface area contributed by atoms with Gasteiger partial charge in [0.15, 0.2) is 6.10 Å². The molecule has 0 saturated carbocycles. The number of primary amides is 1. The number of ether oxygens (including phenoxy) is 3. The number of aliphatic hydroxyl groups excluding tert-OH is 1. The molecule has 2 rings (SSSR count). The minimum atomic E-state index is -1.05. The third-order valence-electron chi connectivity index (χ3n) is 3.52. The first-order chi connectivity index (χ1) is 9.80. The Morgan fingerprint density at radius 3 is 2.67 bits per heavy atom. The highest BCUT2D eigenvalue weighted by Crippen LogP contribution is 2.45. The molecule has 7 heteroatoms. The maximum absolute atomic E-state index is 11.1. The molecular formula is C14H20N2O5. The van der Waals surface area contributed by atoms with Gasteiger partial charge in [-0.05, 0) is 19.9 Å². The molecule has 1 aliphatic rings. The quantitative estimate of drug-likeness (QED) is 0.779. The minimum Gasteiger partial charge on any atom is -0.495 e. The number of nitrogens with one attached hydrogen (secondary N) is 1. The maximum atomic E-state index is 11.1.